The summed E-state index contributed by atoms with van der Waals surface area (Å²) in [6, 6.07) is 4.73. The number of rotatable bonds is 4. The fourth-order valence-corrected chi connectivity index (χ4v) is 3.79. The van der Waals surface area contributed by atoms with E-state index in [1.54, 1.807) is 0 Å². The Balaban J connectivity index is 1.75. The average Bonchev–Trinajstić information content (AvgIpc) is 3.32. The largest absolute Gasteiger partial charge is 0.274 e. The Morgan fingerprint density at radius 2 is 2.00 bits per heavy atom. The highest BCUT2D eigenvalue weighted by molar-refractivity contribution is 7.90. The number of benzene rings is 1. The molecule has 2 atom stereocenters. The third kappa shape index (κ3) is 3.61. The zero-order valence-electron chi connectivity index (χ0n) is 12.3. The molecule has 0 aliphatic heterocycles. The predicted molar refractivity (Wildman–Crippen MR) is 86.8 cm³/mol. The van der Waals surface area contributed by atoms with Crippen molar-refractivity contribution in [3.8, 4) is 0 Å². The molecule has 1 aliphatic rings. The number of carbonyl (C=O) groups is 1. The molecule has 1 fully saturated rings. The zero-order chi connectivity index (χ0) is 18.4. The molecule has 1 N–H and O–H groups in total. The summed E-state index contributed by atoms with van der Waals surface area (Å²) in [4.78, 5) is 15.4. The highest BCUT2D eigenvalue weighted by Crippen LogP contribution is 2.48. The average molecular weight is 407 g/mol. The molecule has 1 aliphatic carbocycles. The Labute approximate surface area is 152 Å². The molecule has 0 bridgehead atoms. The van der Waals surface area contributed by atoms with E-state index in [-0.39, 0.29) is 27.1 Å². The van der Waals surface area contributed by atoms with Crippen LogP contribution in [0.4, 0.5) is 8.78 Å². The summed E-state index contributed by atoms with van der Waals surface area (Å²) < 4.78 is 53.3. The lowest BCUT2D eigenvalue weighted by Gasteiger charge is -2.08. The van der Waals surface area contributed by atoms with Crippen LogP contribution in [0.3, 0.4) is 0 Å². The molecular weight excluding hydrogens is 397 g/mol. The molecular formula is C15H10Cl2F2N2O3S. The van der Waals surface area contributed by atoms with Gasteiger partial charge in [0.1, 0.15) is 10.0 Å². The van der Waals surface area contributed by atoms with Crippen LogP contribution in [0.5, 0.6) is 0 Å². The van der Waals surface area contributed by atoms with Crippen molar-refractivity contribution in [3.63, 3.8) is 0 Å². The van der Waals surface area contributed by atoms with Crippen LogP contribution in [0.25, 0.3) is 0 Å². The summed E-state index contributed by atoms with van der Waals surface area (Å²) in [5.74, 6) is -4.18. The number of hydrogen-bond acceptors (Lipinski definition) is 4. The fraction of sp³-hybridized carbons (Fsp3) is 0.200. The lowest BCUT2D eigenvalue weighted by Crippen LogP contribution is -2.32. The number of sulfonamides is 1. The summed E-state index contributed by atoms with van der Waals surface area (Å²) in [6.45, 7) is 0. The molecule has 2 aromatic rings. The first-order valence-corrected chi connectivity index (χ1v) is 9.26. The first kappa shape index (κ1) is 18.0. The number of pyridine rings is 1. The molecule has 1 heterocycles. The van der Waals surface area contributed by atoms with Crippen LogP contribution in [-0.4, -0.2) is 19.3 Å². The summed E-state index contributed by atoms with van der Waals surface area (Å²) in [7, 11) is -4.20. The third-order valence-corrected chi connectivity index (χ3v) is 5.82. The van der Waals surface area contributed by atoms with Crippen LogP contribution >= 0.6 is 23.2 Å². The van der Waals surface area contributed by atoms with E-state index in [9.17, 15) is 22.0 Å². The molecule has 132 valence electrons. The summed E-state index contributed by atoms with van der Waals surface area (Å²) in [6.07, 6.45) is 1.18. The number of carbonyl (C=O) groups excluding carboxylic acids is 1. The summed E-state index contributed by atoms with van der Waals surface area (Å²) in [5, 5.41) is -0.154. The molecule has 10 heteroatoms. The van der Waals surface area contributed by atoms with Crippen molar-refractivity contribution in [3.05, 3.63) is 57.8 Å². The monoisotopic (exact) mass is 406 g/mol. The number of halogens is 4. The minimum atomic E-state index is -4.20. The first-order valence-electron chi connectivity index (χ1n) is 7.02. The van der Waals surface area contributed by atoms with Gasteiger partial charge in [-0.05, 0) is 30.0 Å². The molecule has 1 aromatic carbocycles. The number of amides is 1. The Morgan fingerprint density at radius 3 is 2.68 bits per heavy atom. The van der Waals surface area contributed by atoms with Crippen LogP contribution < -0.4 is 4.72 Å². The zero-order valence-corrected chi connectivity index (χ0v) is 14.7. The van der Waals surface area contributed by atoms with Gasteiger partial charge in [0.2, 0.25) is 5.91 Å². The van der Waals surface area contributed by atoms with E-state index < -0.39 is 39.4 Å². The van der Waals surface area contributed by atoms with Gasteiger partial charge in [-0.25, -0.2) is 26.9 Å². The Kier molecular flexibility index (Phi) is 4.70. The maximum absolute atomic E-state index is 13.8. The second-order valence-corrected chi connectivity index (χ2v) is 7.95. The molecule has 25 heavy (non-hydrogen) atoms. The van der Waals surface area contributed by atoms with Gasteiger partial charge >= 0.3 is 0 Å². The van der Waals surface area contributed by atoms with Crippen LogP contribution in [0.1, 0.15) is 17.9 Å². The van der Waals surface area contributed by atoms with E-state index in [1.165, 1.54) is 12.1 Å². The normalized spacial score (nSPS) is 19.5. The SMILES string of the molecule is O=C(NS(=O)(=O)c1cnc(Cl)c(Cl)c1)[C@@H]1C[C@H]1c1cccc(F)c1F. The van der Waals surface area contributed by atoms with Gasteiger partial charge in [0.15, 0.2) is 11.6 Å². The molecule has 0 unspecified atom stereocenters. The topological polar surface area (TPSA) is 76.1 Å². The van der Waals surface area contributed by atoms with E-state index in [2.05, 4.69) is 4.98 Å². The van der Waals surface area contributed by atoms with Gasteiger partial charge in [0.05, 0.1) is 5.02 Å². The van der Waals surface area contributed by atoms with Gasteiger partial charge in [-0.15, -0.1) is 0 Å². The molecule has 0 saturated heterocycles. The second-order valence-electron chi connectivity index (χ2n) is 5.51. The van der Waals surface area contributed by atoms with Crippen molar-refractivity contribution in [2.45, 2.75) is 17.2 Å². The molecule has 1 saturated carbocycles. The van der Waals surface area contributed by atoms with Crippen molar-refractivity contribution in [1.29, 1.82) is 0 Å². The third-order valence-electron chi connectivity index (χ3n) is 3.82. The predicted octanol–water partition coefficient (Wildman–Crippen LogP) is 3.28. The van der Waals surface area contributed by atoms with Crippen LogP contribution in [-0.2, 0) is 14.8 Å². The Bertz CT molecular complexity index is 969. The lowest BCUT2D eigenvalue weighted by molar-refractivity contribution is -0.120. The number of aromatic nitrogens is 1. The van der Waals surface area contributed by atoms with Crippen molar-refractivity contribution in [2.24, 2.45) is 5.92 Å². The highest BCUT2D eigenvalue weighted by Gasteiger charge is 2.46. The lowest BCUT2D eigenvalue weighted by atomic mass is 10.1. The van der Waals surface area contributed by atoms with Crippen molar-refractivity contribution >= 4 is 39.1 Å². The fourth-order valence-electron chi connectivity index (χ4n) is 2.45. The van der Waals surface area contributed by atoms with Crippen LogP contribution in [0.2, 0.25) is 10.2 Å². The van der Waals surface area contributed by atoms with Crippen LogP contribution in [0, 0.1) is 17.6 Å². The molecule has 1 aromatic heterocycles. The molecule has 0 spiro atoms. The number of nitrogens with zero attached hydrogens (tertiary/aromatic N) is 1. The van der Waals surface area contributed by atoms with Gasteiger partial charge in [0, 0.05) is 12.1 Å². The molecule has 1 amide bonds. The minimum Gasteiger partial charge on any atom is -0.274 e. The Hall–Kier alpha value is -1.77. The maximum atomic E-state index is 13.8. The van der Waals surface area contributed by atoms with Gasteiger partial charge in [-0.3, -0.25) is 4.79 Å². The minimum absolute atomic E-state index is 0.0498. The smallest absolute Gasteiger partial charge is 0.265 e. The van der Waals surface area contributed by atoms with E-state index >= 15 is 0 Å². The first-order chi connectivity index (χ1) is 11.7. The van der Waals surface area contributed by atoms with Gasteiger partial charge in [0.25, 0.3) is 10.0 Å². The van der Waals surface area contributed by atoms with E-state index in [4.69, 9.17) is 23.2 Å². The van der Waals surface area contributed by atoms with Gasteiger partial charge in [-0.2, -0.15) is 0 Å². The maximum Gasteiger partial charge on any atom is 0.265 e. The van der Waals surface area contributed by atoms with Crippen molar-refractivity contribution in [1.82, 2.24) is 9.71 Å². The van der Waals surface area contributed by atoms with E-state index in [0.717, 1.165) is 18.3 Å². The quantitative estimate of drug-likeness (QED) is 0.790. The Morgan fingerprint density at radius 1 is 1.28 bits per heavy atom. The van der Waals surface area contributed by atoms with Crippen LogP contribution in [0.15, 0.2) is 35.4 Å². The van der Waals surface area contributed by atoms with E-state index in [1.807, 2.05) is 4.72 Å². The number of nitrogens with one attached hydrogen (secondary N) is 1. The van der Waals surface area contributed by atoms with Crippen molar-refractivity contribution < 1.29 is 22.0 Å². The molecule has 5 nitrogen and oxygen atoms in total. The van der Waals surface area contributed by atoms with Crippen molar-refractivity contribution in [2.75, 3.05) is 0 Å². The van der Waals surface area contributed by atoms with E-state index in [0.29, 0.717) is 0 Å². The highest BCUT2D eigenvalue weighted by atomic mass is 35.5. The second kappa shape index (κ2) is 6.51. The van der Waals surface area contributed by atoms with Gasteiger partial charge < -0.3 is 0 Å². The number of hydrogen-bond donors (Lipinski definition) is 1. The standard InChI is InChI=1S/C15H10Cl2F2N2O3S/c16-11-4-7(6-20-14(11)17)25(23,24)21-15(22)10-5-9(10)8-2-1-3-12(18)13(8)19/h1-4,6,9-10H,5H2,(H,21,22)/t9-,10+/m0/s1. The summed E-state index contributed by atoms with van der Waals surface area (Å²) >= 11 is 11.3. The molecule has 0 radical (unpaired) electrons. The van der Waals surface area contributed by atoms with Gasteiger partial charge in [-0.1, -0.05) is 35.3 Å². The summed E-state index contributed by atoms with van der Waals surface area (Å²) in [5.41, 5.74) is 0.0498. The molecule has 3 rings (SSSR count).